The zero-order chi connectivity index (χ0) is 12.0. The van der Waals surface area contributed by atoms with E-state index in [1.165, 1.54) is 32.1 Å². The monoisotopic (exact) mass is 235 g/mol. The van der Waals surface area contributed by atoms with Crippen molar-refractivity contribution in [2.24, 2.45) is 35.3 Å². The lowest BCUT2D eigenvalue weighted by molar-refractivity contribution is -0.125. The predicted octanol–water partition coefficient (Wildman–Crippen LogP) is 2.76. The molecule has 0 aromatic heterocycles. The molecule has 2 heteroatoms. The van der Waals surface area contributed by atoms with E-state index in [0.717, 1.165) is 36.5 Å². The Hall–Kier alpha value is -0.370. The van der Waals surface area contributed by atoms with Crippen LogP contribution in [0, 0.1) is 29.6 Å². The molecule has 0 aromatic rings. The minimum atomic E-state index is -0.202. The molecule has 4 fully saturated rings. The van der Waals surface area contributed by atoms with Crippen molar-refractivity contribution in [3.63, 3.8) is 0 Å². The number of hydrogen-bond acceptors (Lipinski definition) is 2. The van der Waals surface area contributed by atoms with Crippen LogP contribution in [0.25, 0.3) is 0 Å². The van der Waals surface area contributed by atoms with Crippen molar-refractivity contribution in [3.05, 3.63) is 0 Å². The van der Waals surface area contributed by atoms with Gasteiger partial charge in [-0.1, -0.05) is 6.92 Å². The van der Waals surface area contributed by atoms with Crippen LogP contribution in [0.4, 0.5) is 0 Å². The van der Waals surface area contributed by atoms with E-state index in [1.54, 1.807) is 0 Å². The zero-order valence-electron chi connectivity index (χ0n) is 10.9. The molecule has 4 aliphatic rings. The van der Waals surface area contributed by atoms with Gasteiger partial charge >= 0.3 is 0 Å². The van der Waals surface area contributed by atoms with Crippen molar-refractivity contribution in [1.29, 1.82) is 0 Å². The molecule has 96 valence electrons. The lowest BCUT2D eigenvalue weighted by Crippen LogP contribution is -2.46. The number of Topliss-reactive ketones (excluding diaryl/α,β-unsaturated/α-hetero) is 1. The van der Waals surface area contributed by atoms with E-state index in [2.05, 4.69) is 0 Å². The number of ketones is 1. The fourth-order valence-electron chi connectivity index (χ4n) is 4.98. The summed E-state index contributed by atoms with van der Waals surface area (Å²) in [4.78, 5) is 12.0. The van der Waals surface area contributed by atoms with E-state index >= 15 is 0 Å². The maximum absolute atomic E-state index is 12.0. The SMILES string of the molecule is CCC(N)C(=O)CC1C2CC3CC(C2)CC1C3. The molecule has 0 radical (unpaired) electrons. The van der Waals surface area contributed by atoms with Gasteiger partial charge < -0.3 is 5.73 Å². The highest BCUT2D eigenvalue weighted by molar-refractivity contribution is 5.83. The highest BCUT2D eigenvalue weighted by Gasteiger charge is 2.48. The van der Waals surface area contributed by atoms with Crippen LogP contribution in [0.15, 0.2) is 0 Å². The number of hydrogen-bond donors (Lipinski definition) is 1. The van der Waals surface area contributed by atoms with Gasteiger partial charge in [0.05, 0.1) is 6.04 Å². The predicted molar refractivity (Wildman–Crippen MR) is 68.4 cm³/mol. The smallest absolute Gasteiger partial charge is 0.149 e. The first kappa shape index (κ1) is 11.7. The van der Waals surface area contributed by atoms with Crippen molar-refractivity contribution in [3.8, 4) is 0 Å². The fraction of sp³-hybridized carbons (Fsp3) is 0.933. The number of rotatable bonds is 4. The molecule has 0 heterocycles. The second-order valence-corrected chi connectivity index (χ2v) is 6.78. The summed E-state index contributed by atoms with van der Waals surface area (Å²) in [6.45, 7) is 2.01. The summed E-state index contributed by atoms with van der Waals surface area (Å²) in [5, 5.41) is 0. The number of nitrogens with two attached hydrogens (primary N) is 1. The van der Waals surface area contributed by atoms with Gasteiger partial charge in [-0.2, -0.15) is 0 Å². The Balaban J connectivity index is 1.66. The van der Waals surface area contributed by atoms with Gasteiger partial charge in [0.25, 0.3) is 0 Å². The molecule has 4 aliphatic carbocycles. The molecule has 1 atom stereocenters. The van der Waals surface area contributed by atoms with Gasteiger partial charge in [-0.15, -0.1) is 0 Å². The summed E-state index contributed by atoms with van der Waals surface area (Å²) in [7, 11) is 0. The molecular formula is C15H25NO. The number of carbonyl (C=O) groups excluding carboxylic acids is 1. The van der Waals surface area contributed by atoms with Crippen LogP contribution in [0.2, 0.25) is 0 Å². The Labute approximate surface area is 104 Å². The van der Waals surface area contributed by atoms with Gasteiger partial charge in [0.1, 0.15) is 5.78 Å². The Bertz CT molecular complexity index is 284. The molecule has 2 nitrogen and oxygen atoms in total. The second-order valence-electron chi connectivity index (χ2n) is 6.78. The molecule has 0 aliphatic heterocycles. The normalized spacial score (nSPS) is 44.9. The highest BCUT2D eigenvalue weighted by Crippen LogP contribution is 2.57. The van der Waals surface area contributed by atoms with E-state index in [1.807, 2.05) is 6.92 Å². The van der Waals surface area contributed by atoms with E-state index in [0.29, 0.717) is 11.7 Å². The lowest BCUT2D eigenvalue weighted by Gasteiger charge is -2.54. The van der Waals surface area contributed by atoms with Crippen LogP contribution in [-0.2, 0) is 4.79 Å². The Kier molecular flexibility index (Phi) is 3.02. The first-order valence-corrected chi connectivity index (χ1v) is 7.45. The summed E-state index contributed by atoms with van der Waals surface area (Å²) in [6, 6.07) is -0.202. The number of carbonyl (C=O) groups is 1. The summed E-state index contributed by atoms with van der Waals surface area (Å²) in [5.74, 6) is 4.74. The van der Waals surface area contributed by atoms with Gasteiger partial charge in [0, 0.05) is 6.42 Å². The van der Waals surface area contributed by atoms with Crippen molar-refractivity contribution < 1.29 is 4.79 Å². The van der Waals surface area contributed by atoms with Crippen LogP contribution >= 0.6 is 0 Å². The van der Waals surface area contributed by atoms with E-state index in [4.69, 9.17) is 5.73 Å². The summed E-state index contributed by atoms with van der Waals surface area (Å²) >= 11 is 0. The molecule has 1 unspecified atom stereocenters. The van der Waals surface area contributed by atoms with Gasteiger partial charge in [-0.05, 0) is 68.1 Å². The Morgan fingerprint density at radius 2 is 1.65 bits per heavy atom. The molecule has 2 N–H and O–H groups in total. The topological polar surface area (TPSA) is 43.1 Å². The minimum Gasteiger partial charge on any atom is -0.322 e. The van der Waals surface area contributed by atoms with Gasteiger partial charge in [0.15, 0.2) is 0 Å². The van der Waals surface area contributed by atoms with Crippen molar-refractivity contribution in [1.82, 2.24) is 0 Å². The average Bonchev–Trinajstić information content (AvgIpc) is 2.31. The van der Waals surface area contributed by atoms with Crippen molar-refractivity contribution >= 4 is 5.78 Å². The fourth-order valence-corrected chi connectivity index (χ4v) is 4.98. The van der Waals surface area contributed by atoms with Gasteiger partial charge in [0.2, 0.25) is 0 Å². The maximum atomic E-state index is 12.0. The molecule has 4 saturated carbocycles. The van der Waals surface area contributed by atoms with Crippen molar-refractivity contribution in [2.45, 2.75) is 57.9 Å². The highest BCUT2D eigenvalue weighted by atomic mass is 16.1. The van der Waals surface area contributed by atoms with Crippen LogP contribution < -0.4 is 5.73 Å². The summed E-state index contributed by atoms with van der Waals surface area (Å²) in [6.07, 6.45) is 8.70. The van der Waals surface area contributed by atoms with Gasteiger partial charge in [-0.25, -0.2) is 0 Å². The molecule has 0 saturated heterocycles. The van der Waals surface area contributed by atoms with E-state index in [9.17, 15) is 4.79 Å². The molecule has 0 amide bonds. The van der Waals surface area contributed by atoms with Crippen LogP contribution in [0.5, 0.6) is 0 Å². The Morgan fingerprint density at radius 3 is 2.12 bits per heavy atom. The zero-order valence-corrected chi connectivity index (χ0v) is 10.9. The first-order valence-electron chi connectivity index (χ1n) is 7.45. The molecule has 4 rings (SSSR count). The van der Waals surface area contributed by atoms with E-state index < -0.39 is 0 Å². The first-order chi connectivity index (χ1) is 8.17. The standard InChI is InChI=1S/C15H25NO/c1-2-14(16)15(17)8-13-11-4-9-3-10(6-11)7-12(13)5-9/h9-14H,2-8,16H2,1H3. The van der Waals surface area contributed by atoms with Crippen LogP contribution in [0.3, 0.4) is 0 Å². The third-order valence-electron chi connectivity index (χ3n) is 5.71. The second kappa shape index (κ2) is 4.38. The van der Waals surface area contributed by atoms with E-state index in [-0.39, 0.29) is 6.04 Å². The van der Waals surface area contributed by atoms with Crippen LogP contribution in [0.1, 0.15) is 51.9 Å². The lowest BCUT2D eigenvalue weighted by atomic mass is 9.51. The van der Waals surface area contributed by atoms with Crippen LogP contribution in [-0.4, -0.2) is 11.8 Å². The quantitative estimate of drug-likeness (QED) is 0.814. The molecule has 0 aromatic carbocycles. The van der Waals surface area contributed by atoms with Crippen molar-refractivity contribution in [2.75, 3.05) is 0 Å². The van der Waals surface area contributed by atoms with Gasteiger partial charge in [-0.3, -0.25) is 4.79 Å². The minimum absolute atomic E-state index is 0.202. The molecule has 17 heavy (non-hydrogen) atoms. The molecule has 4 bridgehead atoms. The summed E-state index contributed by atoms with van der Waals surface area (Å²) in [5.41, 5.74) is 5.87. The average molecular weight is 235 g/mol. The third kappa shape index (κ3) is 2.05. The summed E-state index contributed by atoms with van der Waals surface area (Å²) < 4.78 is 0. The largest absolute Gasteiger partial charge is 0.322 e. The molecule has 0 spiro atoms. The third-order valence-corrected chi connectivity index (χ3v) is 5.71. The maximum Gasteiger partial charge on any atom is 0.149 e. The molecular weight excluding hydrogens is 210 g/mol. The Morgan fingerprint density at radius 1 is 1.12 bits per heavy atom.